The van der Waals surface area contributed by atoms with Crippen molar-refractivity contribution in [1.82, 2.24) is 4.72 Å². The van der Waals surface area contributed by atoms with E-state index in [1.54, 1.807) is 0 Å². The maximum Gasteiger partial charge on any atom is 0.240 e. The van der Waals surface area contributed by atoms with E-state index in [0.717, 1.165) is 12.8 Å². The van der Waals surface area contributed by atoms with Crippen LogP contribution in [0.3, 0.4) is 0 Å². The molecule has 0 spiro atoms. The number of sulfonamides is 1. The Balaban J connectivity index is 2.60. The van der Waals surface area contributed by atoms with Crippen LogP contribution < -0.4 is 4.72 Å². The third-order valence-corrected chi connectivity index (χ3v) is 4.06. The van der Waals surface area contributed by atoms with Gasteiger partial charge < -0.3 is 0 Å². The molecule has 0 aliphatic rings. The fourth-order valence-electron chi connectivity index (χ4n) is 1.33. The van der Waals surface area contributed by atoms with Crippen LogP contribution in [0.25, 0.3) is 0 Å². The Morgan fingerprint density at radius 1 is 1.28 bits per heavy atom. The quantitative estimate of drug-likeness (QED) is 0.838. The van der Waals surface area contributed by atoms with Crippen molar-refractivity contribution in [2.24, 2.45) is 0 Å². The minimum Gasteiger partial charge on any atom is -0.298 e. The molecule has 100 valence electrons. The van der Waals surface area contributed by atoms with E-state index < -0.39 is 10.0 Å². The lowest BCUT2D eigenvalue weighted by molar-refractivity contribution is -0.118. The molecular formula is C12H16ClNO3S. The molecular weight excluding hydrogens is 274 g/mol. The van der Waals surface area contributed by atoms with Crippen molar-refractivity contribution in [3.05, 3.63) is 29.3 Å². The molecule has 0 unspecified atom stereocenters. The van der Waals surface area contributed by atoms with Crippen LogP contribution in [0.5, 0.6) is 0 Å². The number of nitrogens with one attached hydrogen (secondary N) is 1. The van der Waals surface area contributed by atoms with Gasteiger partial charge in [-0.05, 0) is 30.7 Å². The highest BCUT2D eigenvalue weighted by molar-refractivity contribution is 7.89. The molecule has 0 aliphatic carbocycles. The van der Waals surface area contributed by atoms with Crippen molar-refractivity contribution in [3.8, 4) is 0 Å². The second kappa shape index (κ2) is 6.87. The number of hydrogen-bond acceptors (Lipinski definition) is 3. The predicted octanol–water partition coefficient (Wildman–Crippen LogP) is 2.38. The topological polar surface area (TPSA) is 63.2 Å². The molecule has 0 atom stereocenters. The van der Waals surface area contributed by atoms with Gasteiger partial charge >= 0.3 is 0 Å². The summed E-state index contributed by atoms with van der Waals surface area (Å²) in [6.45, 7) is 1.82. The number of carbonyl (C=O) groups excluding carboxylic acids is 1. The molecule has 18 heavy (non-hydrogen) atoms. The number of rotatable bonds is 7. The normalized spacial score (nSPS) is 11.4. The van der Waals surface area contributed by atoms with Crippen molar-refractivity contribution in [2.45, 2.75) is 31.1 Å². The van der Waals surface area contributed by atoms with Crippen LogP contribution in [0.1, 0.15) is 26.2 Å². The average molecular weight is 290 g/mol. The molecule has 0 saturated carbocycles. The minimum atomic E-state index is -3.63. The van der Waals surface area contributed by atoms with E-state index in [1.165, 1.54) is 24.3 Å². The summed E-state index contributed by atoms with van der Waals surface area (Å²) in [4.78, 5) is 11.5. The number of ketones is 1. The third kappa shape index (κ3) is 4.76. The first-order chi connectivity index (χ1) is 8.45. The number of Topliss-reactive ketones (excluding diaryl/α,β-unsaturated/α-hetero) is 1. The highest BCUT2D eigenvalue weighted by Gasteiger charge is 2.14. The molecule has 1 aromatic carbocycles. The van der Waals surface area contributed by atoms with E-state index in [-0.39, 0.29) is 17.2 Å². The number of halogens is 1. The monoisotopic (exact) mass is 289 g/mol. The highest BCUT2D eigenvalue weighted by Crippen LogP contribution is 2.13. The minimum absolute atomic E-state index is 0.102. The van der Waals surface area contributed by atoms with Crippen LogP contribution in [0, 0.1) is 0 Å². The lowest BCUT2D eigenvalue weighted by Gasteiger charge is -2.06. The van der Waals surface area contributed by atoms with E-state index in [2.05, 4.69) is 4.72 Å². The summed E-state index contributed by atoms with van der Waals surface area (Å²) < 4.78 is 25.9. The molecule has 0 radical (unpaired) electrons. The van der Waals surface area contributed by atoms with Crippen LogP contribution in [0.15, 0.2) is 29.2 Å². The largest absolute Gasteiger partial charge is 0.298 e. The van der Waals surface area contributed by atoms with Crippen LogP contribution >= 0.6 is 11.6 Å². The van der Waals surface area contributed by atoms with Gasteiger partial charge in [0.1, 0.15) is 5.78 Å². The number of benzene rings is 1. The maximum atomic E-state index is 11.8. The third-order valence-electron chi connectivity index (χ3n) is 2.39. The second-order valence-corrected chi connectivity index (χ2v) is 6.12. The lowest BCUT2D eigenvalue weighted by Crippen LogP contribution is -2.29. The molecule has 0 aliphatic heterocycles. The molecule has 1 rings (SSSR count). The Morgan fingerprint density at radius 2 is 1.89 bits per heavy atom. The maximum absolute atomic E-state index is 11.8. The lowest BCUT2D eigenvalue weighted by atomic mass is 10.2. The van der Waals surface area contributed by atoms with Gasteiger partial charge in [0.05, 0.1) is 11.4 Å². The van der Waals surface area contributed by atoms with Crippen molar-refractivity contribution < 1.29 is 13.2 Å². The highest BCUT2D eigenvalue weighted by atomic mass is 35.5. The van der Waals surface area contributed by atoms with Gasteiger partial charge in [-0.3, -0.25) is 4.79 Å². The molecule has 1 N–H and O–H groups in total. The first kappa shape index (κ1) is 15.1. The Labute approximate surface area is 112 Å². The Hall–Kier alpha value is -0.910. The van der Waals surface area contributed by atoms with Crippen LogP contribution in [-0.4, -0.2) is 20.7 Å². The van der Waals surface area contributed by atoms with Crippen LogP contribution in [-0.2, 0) is 14.8 Å². The van der Waals surface area contributed by atoms with E-state index in [0.29, 0.717) is 11.4 Å². The Kier molecular flexibility index (Phi) is 5.78. The SMILES string of the molecule is CCCCC(=O)CNS(=O)(=O)c1ccc(Cl)cc1. The summed E-state index contributed by atoms with van der Waals surface area (Å²) in [5.74, 6) is -0.102. The molecule has 0 amide bonds. The van der Waals surface area contributed by atoms with Gasteiger partial charge in [-0.25, -0.2) is 13.1 Å². The van der Waals surface area contributed by atoms with Gasteiger partial charge in [-0.15, -0.1) is 0 Å². The predicted molar refractivity (Wildman–Crippen MR) is 71.2 cm³/mol. The van der Waals surface area contributed by atoms with Crippen molar-refractivity contribution in [3.63, 3.8) is 0 Å². The zero-order valence-corrected chi connectivity index (χ0v) is 11.7. The smallest absolute Gasteiger partial charge is 0.240 e. The first-order valence-electron chi connectivity index (χ1n) is 5.72. The van der Waals surface area contributed by atoms with Gasteiger partial charge in [0.15, 0.2) is 0 Å². The molecule has 0 heterocycles. The van der Waals surface area contributed by atoms with E-state index in [1.807, 2.05) is 6.92 Å². The van der Waals surface area contributed by atoms with E-state index in [9.17, 15) is 13.2 Å². The zero-order chi connectivity index (χ0) is 13.6. The summed E-state index contributed by atoms with van der Waals surface area (Å²) in [7, 11) is -3.63. The van der Waals surface area contributed by atoms with Gasteiger partial charge in [-0.2, -0.15) is 0 Å². The molecule has 0 fully saturated rings. The average Bonchev–Trinajstić information content (AvgIpc) is 2.34. The second-order valence-electron chi connectivity index (χ2n) is 3.92. The molecule has 4 nitrogen and oxygen atoms in total. The number of hydrogen-bond donors (Lipinski definition) is 1. The van der Waals surface area contributed by atoms with Crippen molar-refractivity contribution in [2.75, 3.05) is 6.54 Å². The molecule has 1 aromatic rings. The standard InChI is InChI=1S/C12H16ClNO3S/c1-2-3-4-11(15)9-14-18(16,17)12-7-5-10(13)6-8-12/h5-8,14H,2-4,9H2,1H3. The molecule has 6 heteroatoms. The van der Waals surface area contributed by atoms with Gasteiger partial charge in [-0.1, -0.05) is 24.9 Å². The summed E-state index contributed by atoms with van der Waals surface area (Å²) in [6, 6.07) is 5.80. The molecule has 0 bridgehead atoms. The summed E-state index contributed by atoms with van der Waals surface area (Å²) in [5.41, 5.74) is 0. The first-order valence-corrected chi connectivity index (χ1v) is 7.58. The fourth-order valence-corrected chi connectivity index (χ4v) is 2.47. The van der Waals surface area contributed by atoms with Crippen LogP contribution in [0.2, 0.25) is 5.02 Å². The van der Waals surface area contributed by atoms with Crippen molar-refractivity contribution >= 4 is 27.4 Å². The number of carbonyl (C=O) groups is 1. The number of unbranched alkanes of at least 4 members (excludes halogenated alkanes) is 1. The Bertz CT molecular complexity index is 497. The van der Waals surface area contributed by atoms with Gasteiger partial charge in [0, 0.05) is 11.4 Å². The summed E-state index contributed by atoms with van der Waals surface area (Å²) in [5, 5.41) is 0.466. The zero-order valence-electron chi connectivity index (χ0n) is 10.1. The Morgan fingerprint density at radius 3 is 2.44 bits per heavy atom. The fraction of sp³-hybridized carbons (Fsp3) is 0.417. The van der Waals surface area contributed by atoms with Gasteiger partial charge in [0.25, 0.3) is 0 Å². The van der Waals surface area contributed by atoms with E-state index >= 15 is 0 Å². The molecule has 0 aromatic heterocycles. The van der Waals surface area contributed by atoms with E-state index in [4.69, 9.17) is 11.6 Å². The molecule has 0 saturated heterocycles. The van der Waals surface area contributed by atoms with Crippen molar-refractivity contribution in [1.29, 1.82) is 0 Å². The summed E-state index contributed by atoms with van der Waals surface area (Å²) >= 11 is 5.68. The van der Waals surface area contributed by atoms with Gasteiger partial charge in [0.2, 0.25) is 10.0 Å². The summed E-state index contributed by atoms with van der Waals surface area (Å²) in [6.07, 6.45) is 2.09. The van der Waals surface area contributed by atoms with Crippen LogP contribution in [0.4, 0.5) is 0 Å².